The van der Waals surface area contributed by atoms with E-state index in [1.54, 1.807) is 12.1 Å². The standard InChI is InChI=1S/C24H27N3O4/c1-29-24(28)18-7-10-20(11-8-18)30-16-17-6-9-19-15-27(13-12-26(19)14-17)23-21-4-2-3-5-22(21)31-25-23/h2-5,7-8,10-11,17,19H,6,9,12-16H2,1H3. The van der Waals surface area contributed by atoms with Gasteiger partial charge in [-0.2, -0.15) is 0 Å². The maximum absolute atomic E-state index is 11.5. The molecule has 2 atom stereocenters. The van der Waals surface area contributed by atoms with Crippen molar-refractivity contribution in [2.45, 2.75) is 18.9 Å². The number of carbonyl (C=O) groups excluding carboxylic acids is 1. The van der Waals surface area contributed by atoms with Crippen LogP contribution in [0.1, 0.15) is 23.2 Å². The smallest absolute Gasteiger partial charge is 0.337 e. The Balaban J connectivity index is 1.15. The van der Waals surface area contributed by atoms with Crippen LogP contribution in [0.3, 0.4) is 0 Å². The molecule has 2 fully saturated rings. The lowest BCUT2D eigenvalue weighted by atomic mass is 9.91. The summed E-state index contributed by atoms with van der Waals surface area (Å²) in [5, 5.41) is 5.43. The molecule has 3 heterocycles. The summed E-state index contributed by atoms with van der Waals surface area (Å²) in [6.45, 7) is 4.71. The molecule has 2 saturated heterocycles. The van der Waals surface area contributed by atoms with Crippen molar-refractivity contribution in [3.05, 3.63) is 54.1 Å². The monoisotopic (exact) mass is 421 g/mol. The third-order valence-corrected chi connectivity index (χ3v) is 6.42. The van der Waals surface area contributed by atoms with E-state index in [0.717, 1.165) is 61.6 Å². The Morgan fingerprint density at radius 3 is 2.77 bits per heavy atom. The lowest BCUT2D eigenvalue weighted by molar-refractivity contribution is 0.0600. The number of nitrogens with zero attached hydrogens (tertiary/aromatic N) is 3. The predicted molar refractivity (Wildman–Crippen MR) is 118 cm³/mol. The van der Waals surface area contributed by atoms with Gasteiger partial charge in [-0.05, 0) is 49.2 Å². The first-order valence-electron chi connectivity index (χ1n) is 10.9. The van der Waals surface area contributed by atoms with Crippen LogP contribution >= 0.6 is 0 Å². The molecule has 7 heteroatoms. The van der Waals surface area contributed by atoms with Gasteiger partial charge in [-0.1, -0.05) is 17.3 Å². The van der Waals surface area contributed by atoms with E-state index >= 15 is 0 Å². The molecule has 0 amide bonds. The van der Waals surface area contributed by atoms with E-state index in [4.69, 9.17) is 14.0 Å². The summed E-state index contributed by atoms with van der Waals surface area (Å²) < 4.78 is 16.3. The molecule has 2 unspecified atom stereocenters. The Labute approximate surface area is 181 Å². The molecule has 2 aliphatic rings. The number of fused-ring (bicyclic) bond motifs is 2. The first kappa shape index (κ1) is 19.9. The van der Waals surface area contributed by atoms with Gasteiger partial charge in [-0.25, -0.2) is 4.79 Å². The molecule has 2 aromatic carbocycles. The van der Waals surface area contributed by atoms with Crippen molar-refractivity contribution in [3.63, 3.8) is 0 Å². The van der Waals surface area contributed by atoms with Gasteiger partial charge in [0.25, 0.3) is 0 Å². The van der Waals surface area contributed by atoms with Crippen LogP contribution < -0.4 is 9.64 Å². The fourth-order valence-electron chi connectivity index (χ4n) is 4.71. The molecule has 3 aromatic rings. The second-order valence-electron chi connectivity index (χ2n) is 8.37. The van der Waals surface area contributed by atoms with E-state index in [1.807, 2.05) is 30.3 Å². The van der Waals surface area contributed by atoms with Gasteiger partial charge in [0.05, 0.1) is 24.7 Å². The quantitative estimate of drug-likeness (QED) is 0.583. The van der Waals surface area contributed by atoms with Crippen LogP contribution in [0.5, 0.6) is 5.75 Å². The topological polar surface area (TPSA) is 68.0 Å². The number of ether oxygens (including phenoxy) is 2. The lowest BCUT2D eigenvalue weighted by Crippen LogP contribution is -2.57. The van der Waals surface area contributed by atoms with Gasteiger partial charge >= 0.3 is 5.97 Å². The van der Waals surface area contributed by atoms with Gasteiger partial charge < -0.3 is 18.9 Å². The van der Waals surface area contributed by atoms with E-state index < -0.39 is 0 Å². The number of anilines is 1. The number of hydrogen-bond donors (Lipinski definition) is 0. The van der Waals surface area contributed by atoms with Crippen molar-refractivity contribution < 1.29 is 18.8 Å². The first-order valence-corrected chi connectivity index (χ1v) is 10.9. The summed E-state index contributed by atoms with van der Waals surface area (Å²) in [7, 11) is 1.39. The largest absolute Gasteiger partial charge is 0.493 e. The van der Waals surface area contributed by atoms with Gasteiger partial charge in [0.1, 0.15) is 5.75 Å². The fraction of sp³-hybridized carbons (Fsp3) is 0.417. The Kier molecular flexibility index (Phi) is 5.51. The minimum Gasteiger partial charge on any atom is -0.493 e. The van der Waals surface area contributed by atoms with Crippen molar-refractivity contribution in [3.8, 4) is 5.75 Å². The van der Waals surface area contributed by atoms with Crippen molar-refractivity contribution >= 4 is 22.8 Å². The highest BCUT2D eigenvalue weighted by Gasteiger charge is 2.34. The number of esters is 1. The number of aromatic nitrogens is 1. The molecule has 0 saturated carbocycles. The van der Waals surface area contributed by atoms with E-state index in [0.29, 0.717) is 24.1 Å². The molecule has 0 bridgehead atoms. The zero-order valence-electron chi connectivity index (χ0n) is 17.7. The molecule has 0 N–H and O–H groups in total. The minimum absolute atomic E-state index is 0.331. The summed E-state index contributed by atoms with van der Waals surface area (Å²) in [5.41, 5.74) is 1.38. The number of piperazine rings is 1. The van der Waals surface area contributed by atoms with Crippen molar-refractivity contribution in [1.29, 1.82) is 0 Å². The van der Waals surface area contributed by atoms with Crippen molar-refractivity contribution in [2.75, 3.05) is 44.8 Å². The number of carbonyl (C=O) groups is 1. The van der Waals surface area contributed by atoms with Gasteiger partial charge in [-0.15, -0.1) is 0 Å². The van der Waals surface area contributed by atoms with Crippen LogP contribution in [0.4, 0.5) is 5.82 Å². The van der Waals surface area contributed by atoms with E-state index in [9.17, 15) is 4.79 Å². The number of para-hydroxylation sites is 1. The molecule has 7 nitrogen and oxygen atoms in total. The number of methoxy groups -OCH3 is 1. The molecule has 1 aromatic heterocycles. The Morgan fingerprint density at radius 2 is 1.94 bits per heavy atom. The highest BCUT2D eigenvalue weighted by atomic mass is 16.5. The van der Waals surface area contributed by atoms with Crippen LogP contribution in [-0.4, -0.2) is 62.0 Å². The van der Waals surface area contributed by atoms with Crippen LogP contribution in [0, 0.1) is 5.92 Å². The number of rotatable bonds is 5. The van der Waals surface area contributed by atoms with Crippen molar-refractivity contribution in [2.24, 2.45) is 5.92 Å². The van der Waals surface area contributed by atoms with Crippen LogP contribution in [0.15, 0.2) is 53.1 Å². The Morgan fingerprint density at radius 1 is 1.10 bits per heavy atom. The summed E-state index contributed by atoms with van der Waals surface area (Å²) >= 11 is 0. The average molecular weight is 421 g/mol. The summed E-state index contributed by atoms with van der Waals surface area (Å²) in [5.74, 6) is 1.94. The molecule has 0 aliphatic carbocycles. The van der Waals surface area contributed by atoms with E-state index in [-0.39, 0.29) is 5.97 Å². The van der Waals surface area contributed by atoms with Crippen LogP contribution in [0.2, 0.25) is 0 Å². The van der Waals surface area contributed by atoms with Gasteiger partial charge in [0, 0.05) is 38.1 Å². The van der Waals surface area contributed by atoms with E-state index in [2.05, 4.69) is 21.0 Å². The number of piperidine rings is 1. The zero-order valence-corrected chi connectivity index (χ0v) is 17.7. The van der Waals surface area contributed by atoms with E-state index in [1.165, 1.54) is 7.11 Å². The molecular weight excluding hydrogens is 394 g/mol. The fourth-order valence-corrected chi connectivity index (χ4v) is 4.71. The third-order valence-electron chi connectivity index (χ3n) is 6.42. The molecular formula is C24H27N3O4. The minimum atomic E-state index is -0.331. The molecule has 0 radical (unpaired) electrons. The predicted octanol–water partition coefficient (Wildman–Crippen LogP) is 3.59. The lowest BCUT2D eigenvalue weighted by Gasteiger charge is -2.46. The van der Waals surface area contributed by atoms with Gasteiger partial charge in [-0.3, -0.25) is 4.90 Å². The average Bonchev–Trinajstić information content (AvgIpc) is 3.26. The highest BCUT2D eigenvalue weighted by Crippen LogP contribution is 2.31. The second-order valence-corrected chi connectivity index (χ2v) is 8.37. The second kappa shape index (κ2) is 8.59. The summed E-state index contributed by atoms with van der Waals surface area (Å²) in [6, 6.07) is 15.8. The zero-order chi connectivity index (χ0) is 21.2. The summed E-state index contributed by atoms with van der Waals surface area (Å²) in [6.07, 6.45) is 2.30. The summed E-state index contributed by atoms with van der Waals surface area (Å²) in [4.78, 5) is 16.5. The maximum Gasteiger partial charge on any atom is 0.337 e. The molecule has 0 spiro atoms. The highest BCUT2D eigenvalue weighted by molar-refractivity contribution is 5.89. The first-order chi connectivity index (χ1) is 15.2. The molecule has 31 heavy (non-hydrogen) atoms. The molecule has 2 aliphatic heterocycles. The van der Waals surface area contributed by atoms with Crippen LogP contribution in [-0.2, 0) is 4.74 Å². The number of benzene rings is 2. The molecule has 162 valence electrons. The third kappa shape index (κ3) is 4.10. The molecule has 5 rings (SSSR count). The SMILES string of the molecule is COC(=O)c1ccc(OCC2CCC3CN(c4noc5ccccc45)CCN3C2)cc1. The Bertz CT molecular complexity index is 1050. The number of hydrogen-bond acceptors (Lipinski definition) is 7. The normalized spacial score (nSPS) is 21.6. The van der Waals surface area contributed by atoms with Gasteiger partial charge in [0.15, 0.2) is 11.4 Å². The Hall–Kier alpha value is -3.06. The van der Waals surface area contributed by atoms with Crippen LogP contribution in [0.25, 0.3) is 11.0 Å². The van der Waals surface area contributed by atoms with Crippen molar-refractivity contribution in [1.82, 2.24) is 10.1 Å². The van der Waals surface area contributed by atoms with Gasteiger partial charge in [0.2, 0.25) is 0 Å². The maximum atomic E-state index is 11.5.